The number of phenolic OH excluding ortho intramolecular Hbond substituents is 1. The molecule has 0 radical (unpaired) electrons. The summed E-state index contributed by atoms with van der Waals surface area (Å²) in [6.45, 7) is 0. The van der Waals surface area contributed by atoms with Crippen molar-refractivity contribution < 1.29 is 62.2 Å². The van der Waals surface area contributed by atoms with Crippen LogP contribution in [0.2, 0.25) is 0 Å². The first-order chi connectivity index (χ1) is 26.5. The Morgan fingerprint density at radius 2 is 1.16 bits per heavy atom. The predicted molar refractivity (Wildman–Crippen MR) is 207 cm³/mol. The van der Waals surface area contributed by atoms with E-state index in [1.165, 1.54) is 32.4 Å². The number of fused-ring (bicyclic) bond motifs is 2. The summed E-state index contributed by atoms with van der Waals surface area (Å²) in [5.74, 6) is 0.228. The van der Waals surface area contributed by atoms with Crippen LogP contribution in [0.1, 0.15) is 0 Å². The van der Waals surface area contributed by atoms with Crippen molar-refractivity contribution in [3.05, 3.63) is 121 Å². The minimum Gasteiger partial charge on any atom is -0.871 e. The van der Waals surface area contributed by atoms with Crippen LogP contribution in [-0.4, -0.2) is 32.3 Å². The maximum absolute atomic E-state index is 12.5. The minimum atomic E-state index is -4.63. The summed E-state index contributed by atoms with van der Waals surface area (Å²) in [6, 6.07) is 33.3. The van der Waals surface area contributed by atoms with Gasteiger partial charge in [-0.3, -0.25) is 4.55 Å². The van der Waals surface area contributed by atoms with Gasteiger partial charge >= 0.3 is 29.6 Å². The fourth-order valence-corrected chi connectivity index (χ4v) is 6.56. The quantitative estimate of drug-likeness (QED) is 0.0545. The topological polar surface area (TPSA) is 216 Å². The van der Waals surface area contributed by atoms with Crippen LogP contribution in [0.3, 0.4) is 0 Å². The van der Waals surface area contributed by atoms with Gasteiger partial charge in [0.15, 0.2) is 5.75 Å². The van der Waals surface area contributed by atoms with Crippen molar-refractivity contribution in [2.45, 2.75) is 4.90 Å². The van der Waals surface area contributed by atoms with Crippen molar-refractivity contribution in [1.82, 2.24) is 0 Å². The van der Waals surface area contributed by atoms with Crippen LogP contribution in [-0.2, 0) is 10.1 Å². The van der Waals surface area contributed by atoms with E-state index in [4.69, 9.17) is 15.2 Å². The molecule has 0 aliphatic carbocycles. The Hall–Kier alpha value is -6.23. The summed E-state index contributed by atoms with van der Waals surface area (Å²) in [5, 5.41) is 50.6. The van der Waals surface area contributed by atoms with Gasteiger partial charge in [0.05, 0.1) is 31.3 Å². The van der Waals surface area contributed by atoms with Gasteiger partial charge in [-0.05, 0) is 65.0 Å². The second-order valence-electron chi connectivity index (χ2n) is 12.0. The summed E-state index contributed by atoms with van der Waals surface area (Å²) in [5.41, 5.74) is 9.70. The molecular formula is C40H30N7NaO7S. The third-order valence-corrected chi connectivity index (χ3v) is 9.49. The number of methoxy groups -OCH3 is 2. The van der Waals surface area contributed by atoms with Gasteiger partial charge in [-0.1, -0.05) is 78.5 Å². The van der Waals surface area contributed by atoms with Gasteiger partial charge in [0, 0.05) is 16.2 Å². The Labute approximate surface area is 342 Å². The minimum absolute atomic E-state index is 0. The Kier molecular flexibility index (Phi) is 11.7. The van der Waals surface area contributed by atoms with E-state index in [1.807, 2.05) is 30.3 Å². The molecule has 0 fully saturated rings. The summed E-state index contributed by atoms with van der Waals surface area (Å²) in [6.07, 6.45) is 0. The third kappa shape index (κ3) is 8.22. The van der Waals surface area contributed by atoms with E-state index >= 15 is 0 Å². The Bertz CT molecular complexity index is 2830. The van der Waals surface area contributed by atoms with E-state index < -0.39 is 15.0 Å². The number of aromatic hydroxyl groups is 1. The van der Waals surface area contributed by atoms with E-state index in [2.05, 4.69) is 30.7 Å². The largest absolute Gasteiger partial charge is 1.00 e. The molecule has 7 rings (SSSR count). The Morgan fingerprint density at radius 3 is 1.77 bits per heavy atom. The van der Waals surface area contributed by atoms with Crippen molar-refractivity contribution in [3.63, 3.8) is 0 Å². The normalized spacial score (nSPS) is 11.8. The molecule has 0 bridgehead atoms. The van der Waals surface area contributed by atoms with Gasteiger partial charge in [0.25, 0.3) is 10.1 Å². The zero-order valence-corrected chi connectivity index (χ0v) is 33.0. The molecule has 0 saturated carbocycles. The van der Waals surface area contributed by atoms with Gasteiger partial charge < -0.3 is 25.4 Å². The van der Waals surface area contributed by atoms with Crippen LogP contribution < -0.4 is 49.9 Å². The number of hydrogen-bond donors (Lipinski definition) is 3. The van der Waals surface area contributed by atoms with E-state index in [0.29, 0.717) is 45.3 Å². The average Bonchev–Trinajstić information content (AvgIpc) is 3.19. The average molecular weight is 776 g/mol. The monoisotopic (exact) mass is 775 g/mol. The number of anilines is 1. The second kappa shape index (κ2) is 16.6. The van der Waals surface area contributed by atoms with Crippen molar-refractivity contribution in [3.8, 4) is 34.1 Å². The molecule has 4 N–H and O–H groups in total. The molecule has 16 heteroatoms. The standard InChI is InChI=1S/C40H31N7O7S.Na/c1-53-36-19-24(25-12-16-33(37(20-25)54-2)45-46-34-22-38(55(50,51)52)28-9-5-6-10-29(28)40(34)49)11-15-32(36)44-43-31-17-14-26(21-30(31)41)42-47-39-27-8-4-3-7-23(27)13-18-35(39)48;/h3-22,48-49H,41H2,1-2H3,(H,50,51,52);/q;+1/p-1. The maximum atomic E-state index is 12.5. The van der Waals surface area contributed by atoms with Crippen LogP contribution in [0.4, 0.5) is 39.8 Å². The molecule has 274 valence electrons. The van der Waals surface area contributed by atoms with E-state index in [0.717, 1.165) is 22.6 Å². The smallest absolute Gasteiger partial charge is 0.871 e. The number of ether oxygens (including phenoxy) is 2. The molecule has 14 nitrogen and oxygen atoms in total. The second-order valence-corrected chi connectivity index (χ2v) is 13.4. The third-order valence-electron chi connectivity index (χ3n) is 8.60. The number of nitrogen functional groups attached to an aromatic ring is 1. The van der Waals surface area contributed by atoms with Crippen LogP contribution >= 0.6 is 0 Å². The first kappa shape index (κ1) is 39.5. The number of benzene rings is 7. The molecule has 0 aliphatic rings. The molecule has 0 unspecified atom stereocenters. The molecular weight excluding hydrogens is 746 g/mol. The first-order valence-corrected chi connectivity index (χ1v) is 17.9. The van der Waals surface area contributed by atoms with Gasteiger partial charge in [-0.2, -0.15) is 18.6 Å². The predicted octanol–water partition coefficient (Wildman–Crippen LogP) is 7.54. The summed E-state index contributed by atoms with van der Waals surface area (Å²) >= 11 is 0. The molecule has 0 spiro atoms. The Balaban J connectivity index is 0.00000532. The van der Waals surface area contributed by atoms with Crippen molar-refractivity contribution >= 4 is 71.5 Å². The molecule has 0 saturated heterocycles. The van der Waals surface area contributed by atoms with Crippen molar-refractivity contribution in [1.29, 1.82) is 0 Å². The first-order valence-electron chi connectivity index (χ1n) is 16.5. The molecule has 7 aromatic rings. The SMILES string of the molecule is COc1cc(-c2ccc(N=Nc3cc(S(=O)(=O)O)c4ccccc4c3O)c(OC)c2)ccc1N=Nc1ccc(N=Nc2c([O-])ccc3ccccc23)cc1N.[Na+]. The summed E-state index contributed by atoms with van der Waals surface area (Å²) in [7, 11) is -1.66. The van der Waals surface area contributed by atoms with Crippen LogP contribution in [0, 0.1) is 0 Å². The van der Waals surface area contributed by atoms with Crippen LogP contribution in [0.5, 0.6) is 23.0 Å². The number of nitrogens with zero attached hydrogens (tertiary/aromatic N) is 6. The van der Waals surface area contributed by atoms with E-state index in [-0.39, 0.29) is 63.2 Å². The van der Waals surface area contributed by atoms with Crippen molar-refractivity contribution in [2.75, 3.05) is 20.0 Å². The maximum Gasteiger partial charge on any atom is 1.00 e. The molecule has 0 amide bonds. The Morgan fingerprint density at radius 1 is 0.607 bits per heavy atom. The number of nitrogens with two attached hydrogens (primary N) is 1. The van der Waals surface area contributed by atoms with Gasteiger partial charge in [0.1, 0.15) is 39.1 Å². The van der Waals surface area contributed by atoms with Gasteiger partial charge in [0.2, 0.25) is 0 Å². The van der Waals surface area contributed by atoms with Crippen molar-refractivity contribution in [2.24, 2.45) is 30.7 Å². The molecule has 56 heavy (non-hydrogen) atoms. The molecule has 7 aromatic carbocycles. The molecule has 0 aromatic heterocycles. The van der Waals surface area contributed by atoms with E-state index in [1.54, 1.807) is 66.7 Å². The van der Waals surface area contributed by atoms with E-state index in [9.17, 15) is 23.2 Å². The van der Waals surface area contributed by atoms with Crippen LogP contribution in [0.25, 0.3) is 32.7 Å². The zero-order chi connectivity index (χ0) is 38.7. The molecule has 0 atom stereocenters. The van der Waals surface area contributed by atoms with Gasteiger partial charge in [-0.25, -0.2) is 0 Å². The summed E-state index contributed by atoms with van der Waals surface area (Å²) < 4.78 is 45.2. The molecule has 0 aliphatic heterocycles. The summed E-state index contributed by atoms with van der Waals surface area (Å²) in [4.78, 5) is -0.410. The number of azo groups is 3. The zero-order valence-electron chi connectivity index (χ0n) is 30.2. The number of rotatable bonds is 10. The number of phenols is 1. The molecule has 0 heterocycles. The fraction of sp³-hybridized carbons (Fsp3) is 0.0500. The van der Waals surface area contributed by atoms with Crippen LogP contribution in [0.15, 0.2) is 157 Å². The number of hydrogen-bond acceptors (Lipinski definition) is 13. The fourth-order valence-electron chi connectivity index (χ4n) is 5.84. The van der Waals surface area contributed by atoms with Gasteiger partial charge in [-0.15, -0.1) is 20.5 Å².